The predicted octanol–water partition coefficient (Wildman–Crippen LogP) is 4.04. The van der Waals surface area contributed by atoms with Crippen LogP contribution in [0.15, 0.2) is 50.6 Å². The van der Waals surface area contributed by atoms with Gasteiger partial charge in [-0.15, -0.1) is 26.3 Å². The van der Waals surface area contributed by atoms with Gasteiger partial charge in [-0.3, -0.25) is 0 Å². The molecule has 140 valence electrons. The van der Waals surface area contributed by atoms with Crippen LogP contribution in [0.1, 0.15) is 38.5 Å². The number of rotatable bonds is 8. The highest BCUT2D eigenvalue weighted by atomic mass is 16.5. The van der Waals surface area contributed by atoms with Crippen molar-refractivity contribution in [3.8, 4) is 0 Å². The second-order valence-corrected chi connectivity index (χ2v) is 8.07. The van der Waals surface area contributed by atoms with Gasteiger partial charge in [0.15, 0.2) is 0 Å². The fraction of sp³-hybridized carbons (Fsp3) is 0.636. The lowest BCUT2D eigenvalue weighted by molar-refractivity contribution is -0.212. The van der Waals surface area contributed by atoms with Crippen molar-refractivity contribution in [2.45, 2.75) is 50.7 Å². The van der Waals surface area contributed by atoms with E-state index < -0.39 is 23.0 Å². The van der Waals surface area contributed by atoms with Crippen molar-refractivity contribution in [1.82, 2.24) is 0 Å². The third-order valence-corrected chi connectivity index (χ3v) is 6.28. The Morgan fingerprint density at radius 3 is 1.60 bits per heavy atom. The van der Waals surface area contributed by atoms with E-state index in [-0.39, 0.29) is 11.8 Å². The van der Waals surface area contributed by atoms with Gasteiger partial charge in [0.1, 0.15) is 0 Å². The van der Waals surface area contributed by atoms with E-state index in [1.807, 2.05) is 24.3 Å². The number of aliphatic hydroxyl groups is 2. The lowest BCUT2D eigenvalue weighted by atomic mass is 9.55. The van der Waals surface area contributed by atoms with Crippen molar-refractivity contribution in [2.24, 2.45) is 22.7 Å². The number of aliphatic hydroxyl groups excluding tert-OH is 2. The zero-order valence-electron chi connectivity index (χ0n) is 15.4. The average molecular weight is 347 g/mol. The Balaban J connectivity index is 2.50. The summed E-state index contributed by atoms with van der Waals surface area (Å²) < 4.78 is 6.05. The van der Waals surface area contributed by atoms with Crippen LogP contribution in [-0.4, -0.2) is 35.6 Å². The molecule has 2 bridgehead atoms. The number of hydrogen-bond acceptors (Lipinski definition) is 3. The Labute approximate surface area is 152 Å². The van der Waals surface area contributed by atoms with Crippen molar-refractivity contribution >= 4 is 0 Å². The van der Waals surface area contributed by atoms with E-state index >= 15 is 0 Å². The first-order valence-electron chi connectivity index (χ1n) is 9.36. The Morgan fingerprint density at radius 2 is 1.24 bits per heavy atom. The van der Waals surface area contributed by atoms with Crippen LogP contribution < -0.4 is 0 Å². The second kappa shape index (κ2) is 8.48. The monoisotopic (exact) mass is 346 g/mol. The minimum atomic E-state index is -0.503. The van der Waals surface area contributed by atoms with Gasteiger partial charge in [-0.25, -0.2) is 0 Å². The Hall–Kier alpha value is -1.16. The molecular formula is C22H34O3. The molecule has 25 heavy (non-hydrogen) atoms. The highest BCUT2D eigenvalue weighted by molar-refractivity contribution is 5.09. The van der Waals surface area contributed by atoms with Crippen LogP contribution in [0.5, 0.6) is 0 Å². The molecular weight excluding hydrogens is 312 g/mol. The fourth-order valence-corrected chi connectivity index (χ4v) is 5.23. The minimum Gasteiger partial charge on any atom is -0.393 e. The number of fused-ring (bicyclic) bond motifs is 2. The normalized spacial score (nSPS) is 41.2. The molecule has 4 unspecified atom stereocenters. The topological polar surface area (TPSA) is 49.7 Å². The maximum absolute atomic E-state index is 11.5. The van der Waals surface area contributed by atoms with E-state index in [1.165, 1.54) is 0 Å². The van der Waals surface area contributed by atoms with Crippen LogP contribution in [0.2, 0.25) is 0 Å². The lowest BCUT2D eigenvalue weighted by Gasteiger charge is -2.56. The zero-order valence-corrected chi connectivity index (χ0v) is 15.4. The third kappa shape index (κ3) is 3.84. The quantitative estimate of drug-likeness (QED) is 0.652. The molecule has 2 N–H and O–H groups in total. The van der Waals surface area contributed by atoms with Gasteiger partial charge in [0, 0.05) is 10.8 Å². The summed E-state index contributed by atoms with van der Waals surface area (Å²) in [6, 6.07) is 0. The molecule has 3 heteroatoms. The maximum Gasteiger partial charge on any atom is 0.0702 e. The van der Waals surface area contributed by atoms with Crippen molar-refractivity contribution in [3.05, 3.63) is 50.6 Å². The number of hydrogen-bond donors (Lipinski definition) is 2. The van der Waals surface area contributed by atoms with E-state index in [2.05, 4.69) is 26.3 Å². The first kappa shape index (κ1) is 20.2. The summed E-state index contributed by atoms with van der Waals surface area (Å²) in [7, 11) is 0. The summed E-state index contributed by atoms with van der Waals surface area (Å²) >= 11 is 0. The van der Waals surface area contributed by atoms with Gasteiger partial charge in [0.2, 0.25) is 0 Å². The van der Waals surface area contributed by atoms with Crippen LogP contribution in [0.25, 0.3) is 0 Å². The molecule has 1 saturated carbocycles. The molecule has 4 atom stereocenters. The summed E-state index contributed by atoms with van der Waals surface area (Å²) in [5.74, 6) is 0.112. The van der Waals surface area contributed by atoms with Gasteiger partial charge < -0.3 is 14.9 Å². The van der Waals surface area contributed by atoms with Gasteiger partial charge in [-0.05, 0) is 50.4 Å². The van der Waals surface area contributed by atoms with Crippen LogP contribution >= 0.6 is 0 Å². The van der Waals surface area contributed by atoms with E-state index in [0.717, 1.165) is 12.8 Å². The van der Waals surface area contributed by atoms with Gasteiger partial charge in [0.05, 0.1) is 25.4 Å². The first-order chi connectivity index (χ1) is 12.0. The summed E-state index contributed by atoms with van der Waals surface area (Å²) in [6.45, 7) is 16.6. The molecule has 0 spiro atoms. The van der Waals surface area contributed by atoms with Gasteiger partial charge in [-0.2, -0.15) is 0 Å². The molecule has 1 saturated heterocycles. The average Bonchev–Trinajstić information content (AvgIpc) is 2.58. The van der Waals surface area contributed by atoms with Crippen molar-refractivity contribution in [3.63, 3.8) is 0 Å². The van der Waals surface area contributed by atoms with Crippen molar-refractivity contribution < 1.29 is 14.9 Å². The van der Waals surface area contributed by atoms with Gasteiger partial charge in [-0.1, -0.05) is 24.3 Å². The molecule has 0 aromatic carbocycles. The smallest absolute Gasteiger partial charge is 0.0702 e. The van der Waals surface area contributed by atoms with E-state index in [9.17, 15) is 10.2 Å². The van der Waals surface area contributed by atoms with E-state index in [0.29, 0.717) is 38.9 Å². The summed E-state index contributed by atoms with van der Waals surface area (Å²) in [5.41, 5.74) is -0.812. The van der Waals surface area contributed by atoms with Gasteiger partial charge >= 0.3 is 0 Å². The molecule has 3 nitrogen and oxygen atoms in total. The maximum atomic E-state index is 11.5. The molecule has 2 rings (SSSR count). The van der Waals surface area contributed by atoms with Crippen LogP contribution in [0.3, 0.4) is 0 Å². The van der Waals surface area contributed by atoms with Crippen molar-refractivity contribution in [1.29, 1.82) is 0 Å². The standard InChI is InChI=1S/C22H34O3/c1-5-9-17-13-21(11-7-3)15-25-16-22(12-8-4,20(21)24)14-18(10-6-2)19(17)23/h5-8,17-20,23-24H,1-4,9-16H2. The Kier molecular flexibility index (Phi) is 6.84. The van der Waals surface area contributed by atoms with Crippen LogP contribution in [0.4, 0.5) is 0 Å². The number of allylic oxidation sites excluding steroid dienone is 4. The minimum absolute atomic E-state index is 0.0560. The first-order valence-corrected chi connectivity index (χ1v) is 9.36. The van der Waals surface area contributed by atoms with Crippen molar-refractivity contribution in [2.75, 3.05) is 13.2 Å². The fourth-order valence-electron chi connectivity index (χ4n) is 5.23. The van der Waals surface area contributed by atoms with E-state index in [4.69, 9.17) is 4.74 Å². The highest BCUT2D eigenvalue weighted by Gasteiger charge is 2.56. The molecule has 0 radical (unpaired) electrons. The summed E-state index contributed by atoms with van der Waals surface area (Å²) in [6.07, 6.45) is 10.8. The van der Waals surface area contributed by atoms with Gasteiger partial charge in [0.25, 0.3) is 0 Å². The molecule has 1 aliphatic heterocycles. The Morgan fingerprint density at radius 1 is 0.800 bits per heavy atom. The molecule has 0 aromatic rings. The third-order valence-electron chi connectivity index (χ3n) is 6.28. The summed E-state index contributed by atoms with van der Waals surface area (Å²) in [5, 5.41) is 22.6. The molecule has 1 aliphatic carbocycles. The van der Waals surface area contributed by atoms with E-state index in [1.54, 1.807) is 0 Å². The van der Waals surface area contributed by atoms with Crippen LogP contribution in [0, 0.1) is 22.7 Å². The van der Waals surface area contributed by atoms with Crippen LogP contribution in [-0.2, 0) is 4.74 Å². The highest BCUT2D eigenvalue weighted by Crippen LogP contribution is 2.54. The lowest BCUT2D eigenvalue weighted by Crippen LogP contribution is -2.60. The molecule has 0 aromatic heterocycles. The zero-order chi connectivity index (χ0) is 18.5. The predicted molar refractivity (Wildman–Crippen MR) is 103 cm³/mol. The molecule has 1 heterocycles. The Bertz CT molecular complexity index is 458. The second-order valence-electron chi connectivity index (χ2n) is 8.07. The SMILES string of the molecule is C=CCC1CC2(CC=C)COCC(CC=C)(CC(CC=C)C1O)C2O. The largest absolute Gasteiger partial charge is 0.393 e. The molecule has 2 aliphatic rings. The summed E-state index contributed by atoms with van der Waals surface area (Å²) in [4.78, 5) is 0. The molecule has 2 fully saturated rings. The molecule has 0 amide bonds. The number of ether oxygens (including phenoxy) is 1.